The predicted molar refractivity (Wildman–Crippen MR) is 93.6 cm³/mol. The number of non-ortho nitro benzene ring substituents is 1. The summed E-state index contributed by atoms with van der Waals surface area (Å²) < 4.78 is 10.3. The van der Waals surface area contributed by atoms with E-state index in [1.807, 2.05) is 0 Å². The van der Waals surface area contributed by atoms with E-state index in [1.165, 1.54) is 18.2 Å². The lowest BCUT2D eigenvalue weighted by atomic mass is 9.88. The molecule has 0 bridgehead atoms. The maximum absolute atomic E-state index is 12.8. The Morgan fingerprint density at radius 1 is 1.32 bits per heavy atom. The Hall–Kier alpha value is -3.28. The molecule has 150 valence electrons. The number of benzene rings is 1. The largest absolute Gasteiger partial charge is 0.464 e. The Bertz CT molecular complexity index is 802. The van der Waals surface area contributed by atoms with Crippen LogP contribution in [0.1, 0.15) is 25.3 Å². The number of rotatable bonds is 5. The van der Waals surface area contributed by atoms with Crippen LogP contribution >= 0.6 is 0 Å². The van der Waals surface area contributed by atoms with Crippen LogP contribution in [0.2, 0.25) is 0 Å². The topological polar surface area (TPSA) is 139 Å². The minimum atomic E-state index is -1.08. The molecule has 1 fully saturated rings. The van der Waals surface area contributed by atoms with Crippen molar-refractivity contribution >= 4 is 17.7 Å². The van der Waals surface area contributed by atoms with Gasteiger partial charge in [0.1, 0.15) is 6.04 Å². The zero-order chi connectivity index (χ0) is 20.3. The number of carbonyl (C=O) groups is 2. The summed E-state index contributed by atoms with van der Waals surface area (Å²) in [7, 11) is 0. The zero-order valence-corrected chi connectivity index (χ0v) is 15.3. The van der Waals surface area contributed by atoms with E-state index in [1.54, 1.807) is 24.9 Å². The van der Waals surface area contributed by atoms with Gasteiger partial charge in [-0.05, 0) is 19.4 Å². The molecule has 1 N–H and O–H groups in total. The van der Waals surface area contributed by atoms with Gasteiger partial charge in [0.25, 0.3) is 5.69 Å². The van der Waals surface area contributed by atoms with Crippen LogP contribution in [-0.4, -0.2) is 59.0 Å². The van der Waals surface area contributed by atoms with Crippen LogP contribution in [0.5, 0.6) is 0 Å². The predicted octanol–water partition coefficient (Wildman–Crippen LogP) is 1.55. The maximum Gasteiger partial charge on any atom is 0.413 e. The number of hydrogen-bond donors (Lipinski definition) is 1. The number of fused-ring (bicyclic) bond motifs is 1. The number of esters is 1. The van der Waals surface area contributed by atoms with E-state index >= 15 is 0 Å². The Kier molecular flexibility index (Phi) is 5.68. The second kappa shape index (κ2) is 8.17. The SMILES string of the molecule is CCOC(=O)C1C(c2cccc([N+](=O)[O-])c2)CN2NN=NC2N1C(=O)OCC. The van der Waals surface area contributed by atoms with Gasteiger partial charge < -0.3 is 9.47 Å². The summed E-state index contributed by atoms with van der Waals surface area (Å²) in [6, 6.07) is 4.85. The number of nitrogens with one attached hydrogen (secondary N) is 1. The minimum Gasteiger partial charge on any atom is -0.464 e. The van der Waals surface area contributed by atoms with Gasteiger partial charge in [0.15, 0.2) is 0 Å². The summed E-state index contributed by atoms with van der Waals surface area (Å²) in [5.74, 6) is -1.27. The molecule has 12 nitrogen and oxygen atoms in total. The van der Waals surface area contributed by atoms with Crippen LogP contribution in [-0.2, 0) is 14.3 Å². The van der Waals surface area contributed by atoms with E-state index in [0.717, 1.165) is 4.90 Å². The molecular weight excluding hydrogens is 372 g/mol. The number of carbonyl (C=O) groups excluding carboxylic acids is 2. The quantitative estimate of drug-likeness (QED) is 0.452. The van der Waals surface area contributed by atoms with Crippen molar-refractivity contribution in [2.45, 2.75) is 32.1 Å². The fourth-order valence-corrected chi connectivity index (χ4v) is 3.31. The van der Waals surface area contributed by atoms with Gasteiger partial charge in [0.05, 0.1) is 18.1 Å². The Morgan fingerprint density at radius 3 is 2.75 bits per heavy atom. The highest BCUT2D eigenvalue weighted by Crippen LogP contribution is 2.36. The number of nitrogens with zero attached hydrogens (tertiary/aromatic N) is 5. The van der Waals surface area contributed by atoms with Gasteiger partial charge in [-0.1, -0.05) is 17.4 Å². The first-order valence-corrected chi connectivity index (χ1v) is 8.76. The number of amides is 1. The van der Waals surface area contributed by atoms with E-state index in [2.05, 4.69) is 15.9 Å². The standard InChI is InChI=1S/C16H20N6O6/c1-3-27-14(23)13-12(10-6-5-7-11(8-10)22(25)26)9-20-15(17-18-19-20)21(13)16(24)28-4-2/h5-8,12-13,15H,3-4,9H2,1-2H3,(H,17,19). The highest BCUT2D eigenvalue weighted by Gasteiger charge is 2.51. The highest BCUT2D eigenvalue weighted by molar-refractivity contribution is 5.83. The molecule has 3 atom stereocenters. The molecule has 1 saturated heterocycles. The molecule has 0 aliphatic carbocycles. The lowest BCUT2D eigenvalue weighted by molar-refractivity contribution is -0.384. The van der Waals surface area contributed by atoms with Gasteiger partial charge in [-0.3, -0.25) is 15.0 Å². The molecule has 3 rings (SSSR count). The first kappa shape index (κ1) is 19.5. The van der Waals surface area contributed by atoms with Gasteiger partial charge >= 0.3 is 12.1 Å². The average molecular weight is 392 g/mol. The van der Waals surface area contributed by atoms with Crippen molar-refractivity contribution in [3.63, 3.8) is 0 Å². The van der Waals surface area contributed by atoms with E-state index in [-0.39, 0.29) is 25.4 Å². The third-order valence-corrected chi connectivity index (χ3v) is 4.45. The van der Waals surface area contributed by atoms with Crippen molar-refractivity contribution in [2.24, 2.45) is 10.3 Å². The normalized spacial score (nSPS) is 23.6. The summed E-state index contributed by atoms with van der Waals surface area (Å²) in [6.07, 6.45) is -1.64. The van der Waals surface area contributed by atoms with E-state index in [4.69, 9.17) is 9.47 Å². The van der Waals surface area contributed by atoms with Crippen molar-refractivity contribution in [3.05, 3.63) is 39.9 Å². The molecule has 0 spiro atoms. The lowest BCUT2D eigenvalue weighted by Crippen LogP contribution is -2.65. The summed E-state index contributed by atoms with van der Waals surface area (Å²) in [5.41, 5.74) is 3.06. The van der Waals surface area contributed by atoms with Crippen LogP contribution < -0.4 is 5.53 Å². The molecule has 0 saturated carbocycles. The molecule has 3 unspecified atom stereocenters. The summed E-state index contributed by atoms with van der Waals surface area (Å²) >= 11 is 0. The number of nitro groups is 1. The Balaban J connectivity index is 2.06. The first-order chi connectivity index (χ1) is 13.5. The fraction of sp³-hybridized carbons (Fsp3) is 0.500. The van der Waals surface area contributed by atoms with Gasteiger partial charge in [-0.2, -0.15) is 5.01 Å². The second-order valence-corrected chi connectivity index (χ2v) is 6.08. The molecule has 0 radical (unpaired) electrons. The van der Waals surface area contributed by atoms with Gasteiger partial charge in [0.2, 0.25) is 6.29 Å². The van der Waals surface area contributed by atoms with Gasteiger partial charge in [-0.15, -0.1) is 5.11 Å². The van der Waals surface area contributed by atoms with Crippen LogP contribution in [0.3, 0.4) is 0 Å². The lowest BCUT2D eigenvalue weighted by Gasteiger charge is -2.44. The van der Waals surface area contributed by atoms with Crippen molar-refractivity contribution in [1.29, 1.82) is 0 Å². The van der Waals surface area contributed by atoms with Crippen LogP contribution in [0, 0.1) is 10.1 Å². The molecule has 1 amide bonds. The Labute approximate surface area is 160 Å². The van der Waals surface area contributed by atoms with Crippen molar-refractivity contribution in [2.75, 3.05) is 19.8 Å². The molecule has 2 aliphatic heterocycles. The van der Waals surface area contributed by atoms with E-state index in [9.17, 15) is 19.7 Å². The molecule has 12 heteroatoms. The smallest absolute Gasteiger partial charge is 0.413 e. The zero-order valence-electron chi connectivity index (χ0n) is 15.3. The van der Waals surface area contributed by atoms with Crippen LogP contribution in [0.4, 0.5) is 10.5 Å². The molecule has 2 aliphatic rings. The van der Waals surface area contributed by atoms with E-state index in [0.29, 0.717) is 5.56 Å². The third kappa shape index (κ3) is 3.58. The third-order valence-electron chi connectivity index (χ3n) is 4.45. The second-order valence-electron chi connectivity index (χ2n) is 6.08. The van der Waals surface area contributed by atoms with Crippen molar-refractivity contribution in [3.8, 4) is 0 Å². The van der Waals surface area contributed by atoms with Crippen LogP contribution in [0.15, 0.2) is 34.6 Å². The number of ether oxygens (including phenoxy) is 2. The molecule has 1 aromatic carbocycles. The molecule has 28 heavy (non-hydrogen) atoms. The van der Waals surface area contributed by atoms with Gasteiger partial charge in [-0.25, -0.2) is 15.1 Å². The number of hydrazine groups is 1. The first-order valence-electron chi connectivity index (χ1n) is 8.76. The highest BCUT2D eigenvalue weighted by atomic mass is 16.6. The van der Waals surface area contributed by atoms with E-state index < -0.39 is 35.2 Å². The summed E-state index contributed by atoms with van der Waals surface area (Å²) in [6.45, 7) is 3.73. The maximum atomic E-state index is 12.8. The fourth-order valence-electron chi connectivity index (χ4n) is 3.31. The van der Waals surface area contributed by atoms with Crippen LogP contribution in [0.25, 0.3) is 0 Å². The monoisotopic (exact) mass is 392 g/mol. The van der Waals surface area contributed by atoms with Gasteiger partial charge in [0, 0.05) is 24.6 Å². The summed E-state index contributed by atoms with van der Waals surface area (Å²) in [5, 5.41) is 20.4. The molecule has 2 heterocycles. The molecule has 0 aromatic heterocycles. The number of nitro benzene ring substituents is 1. The number of hydrogen-bond acceptors (Lipinski definition) is 10. The average Bonchev–Trinajstić information content (AvgIpc) is 3.15. The van der Waals surface area contributed by atoms with Crippen molar-refractivity contribution < 1.29 is 24.0 Å². The summed E-state index contributed by atoms with van der Waals surface area (Å²) in [4.78, 5) is 37.2. The molecule has 1 aromatic rings. The molecular formula is C16H20N6O6. The van der Waals surface area contributed by atoms with Crippen molar-refractivity contribution in [1.82, 2.24) is 15.4 Å². The minimum absolute atomic E-state index is 0.101. The Morgan fingerprint density at radius 2 is 2.07 bits per heavy atom.